The maximum Gasteiger partial charge on any atom is 0.241 e. The molecule has 2 aromatic rings. The molecule has 0 saturated heterocycles. The number of nitrogens with zero attached hydrogens (tertiary/aromatic N) is 4. The van der Waals surface area contributed by atoms with Gasteiger partial charge in [0.05, 0.1) is 16.8 Å². The van der Waals surface area contributed by atoms with Crippen LogP contribution in [0.15, 0.2) is 18.2 Å². The number of aromatic nitrogens is 4. The number of amides is 1. The van der Waals surface area contributed by atoms with Gasteiger partial charge in [0.15, 0.2) is 5.82 Å². The van der Waals surface area contributed by atoms with Gasteiger partial charge in [0, 0.05) is 11.6 Å². The van der Waals surface area contributed by atoms with Crippen molar-refractivity contribution in [1.29, 1.82) is 0 Å². The maximum atomic E-state index is 12.3. The first-order valence-electron chi connectivity index (χ1n) is 7.92. The number of tetrazole rings is 1. The fraction of sp³-hybridized carbons (Fsp3) is 0.500. The van der Waals surface area contributed by atoms with Crippen LogP contribution in [0.2, 0.25) is 5.02 Å². The number of nitrogens with two attached hydrogens (primary N) is 1. The molecule has 0 bridgehead atoms. The quantitative estimate of drug-likeness (QED) is 0.843. The van der Waals surface area contributed by atoms with E-state index < -0.39 is 6.04 Å². The predicted octanol–water partition coefficient (Wildman–Crippen LogP) is 2.93. The molecule has 1 heterocycles. The van der Waals surface area contributed by atoms with Crippen molar-refractivity contribution in [3.05, 3.63) is 29.0 Å². The lowest BCUT2D eigenvalue weighted by atomic mass is 9.87. The van der Waals surface area contributed by atoms with Gasteiger partial charge in [0.25, 0.3) is 0 Å². The molecule has 9 heteroatoms. The highest BCUT2D eigenvalue weighted by Crippen LogP contribution is 2.40. The van der Waals surface area contributed by atoms with Crippen LogP contribution in [0.4, 0.5) is 5.69 Å². The monoisotopic (exact) mass is 384 g/mol. The summed E-state index contributed by atoms with van der Waals surface area (Å²) >= 11 is 6.30. The molecule has 1 amide bonds. The molecule has 0 spiro atoms. The van der Waals surface area contributed by atoms with Crippen molar-refractivity contribution >= 4 is 35.6 Å². The summed E-state index contributed by atoms with van der Waals surface area (Å²) in [6.45, 7) is 5.77. The summed E-state index contributed by atoms with van der Waals surface area (Å²) < 4.78 is 1.64. The van der Waals surface area contributed by atoms with E-state index in [2.05, 4.69) is 20.8 Å². The first-order chi connectivity index (χ1) is 11.3. The van der Waals surface area contributed by atoms with E-state index in [9.17, 15) is 4.79 Å². The minimum absolute atomic E-state index is 0. The van der Waals surface area contributed by atoms with Crippen molar-refractivity contribution in [1.82, 2.24) is 20.2 Å². The number of anilines is 1. The molecule has 0 radical (unpaired) electrons. The summed E-state index contributed by atoms with van der Waals surface area (Å²) in [5.74, 6) is 0.935. The summed E-state index contributed by atoms with van der Waals surface area (Å²) in [6, 6.07) is 4.60. The molecule has 1 fully saturated rings. The van der Waals surface area contributed by atoms with Gasteiger partial charge in [-0.05, 0) is 46.9 Å². The molecule has 1 aromatic heterocycles. The summed E-state index contributed by atoms with van der Waals surface area (Å²) in [4.78, 5) is 12.3. The minimum Gasteiger partial charge on any atom is -0.325 e. The molecule has 0 unspecified atom stereocenters. The van der Waals surface area contributed by atoms with Gasteiger partial charge in [-0.3, -0.25) is 4.79 Å². The second-order valence-electron chi connectivity index (χ2n) is 7.22. The number of hydrogen-bond donors (Lipinski definition) is 2. The van der Waals surface area contributed by atoms with E-state index in [1.165, 1.54) is 0 Å². The first kappa shape index (κ1) is 19.6. The standard InChI is InChI=1S/C16H21ClN6O.ClH/c1-16(2,3)13(18)15(24)19-10-6-7-11(17)12(8-10)23-14(9-4-5-9)20-21-22-23;/h6-9,13H,4-5,18H2,1-3H3,(H,19,24);1H/t13-;/m1./s1. The van der Waals surface area contributed by atoms with Gasteiger partial charge in [-0.1, -0.05) is 32.4 Å². The van der Waals surface area contributed by atoms with Crippen LogP contribution in [0.3, 0.4) is 0 Å². The van der Waals surface area contributed by atoms with E-state index in [0.717, 1.165) is 18.7 Å². The second-order valence-corrected chi connectivity index (χ2v) is 7.63. The lowest BCUT2D eigenvalue weighted by Gasteiger charge is -2.25. The van der Waals surface area contributed by atoms with Crippen molar-refractivity contribution in [2.45, 2.75) is 45.6 Å². The third kappa shape index (κ3) is 4.29. The summed E-state index contributed by atoms with van der Waals surface area (Å²) in [6.07, 6.45) is 2.16. The molecule has 3 rings (SSSR count). The third-order valence-electron chi connectivity index (χ3n) is 4.09. The molecule has 7 nitrogen and oxygen atoms in total. The Morgan fingerprint density at radius 3 is 2.68 bits per heavy atom. The van der Waals surface area contributed by atoms with E-state index >= 15 is 0 Å². The molecule has 1 atom stereocenters. The second kappa shape index (κ2) is 7.27. The first-order valence-corrected chi connectivity index (χ1v) is 8.30. The molecule has 1 saturated carbocycles. The molecule has 3 N–H and O–H groups in total. The van der Waals surface area contributed by atoms with Gasteiger partial charge >= 0.3 is 0 Å². The number of rotatable bonds is 4. The average Bonchev–Trinajstić information content (AvgIpc) is 3.25. The Hall–Kier alpha value is -1.70. The zero-order chi connectivity index (χ0) is 17.5. The van der Waals surface area contributed by atoms with Crippen LogP contribution in [0.25, 0.3) is 5.69 Å². The molecule has 1 aromatic carbocycles. The highest BCUT2D eigenvalue weighted by Gasteiger charge is 2.31. The number of carbonyl (C=O) groups excluding carboxylic acids is 1. The van der Waals surface area contributed by atoms with E-state index in [-0.39, 0.29) is 23.7 Å². The van der Waals surface area contributed by atoms with Crippen molar-refractivity contribution < 1.29 is 4.79 Å². The predicted molar refractivity (Wildman–Crippen MR) is 99.4 cm³/mol. The lowest BCUT2D eigenvalue weighted by molar-refractivity contribution is -0.119. The average molecular weight is 385 g/mol. The number of benzene rings is 1. The summed E-state index contributed by atoms with van der Waals surface area (Å²) in [5, 5.41) is 15.2. The molecule has 0 aliphatic heterocycles. The Morgan fingerprint density at radius 1 is 1.40 bits per heavy atom. The topological polar surface area (TPSA) is 98.7 Å². The number of nitrogens with one attached hydrogen (secondary N) is 1. The minimum atomic E-state index is -0.619. The Morgan fingerprint density at radius 2 is 2.08 bits per heavy atom. The van der Waals surface area contributed by atoms with Gasteiger partial charge in [0.1, 0.15) is 0 Å². The van der Waals surface area contributed by atoms with Crippen molar-refractivity contribution in [3.63, 3.8) is 0 Å². The molecule has 1 aliphatic carbocycles. The van der Waals surface area contributed by atoms with Gasteiger partial charge in [-0.15, -0.1) is 17.5 Å². The Balaban J connectivity index is 0.00000225. The van der Waals surface area contributed by atoms with Gasteiger partial charge < -0.3 is 11.1 Å². The van der Waals surface area contributed by atoms with Gasteiger partial charge in [-0.2, -0.15) is 4.68 Å². The van der Waals surface area contributed by atoms with Crippen LogP contribution in [0.1, 0.15) is 45.4 Å². The van der Waals surface area contributed by atoms with Crippen molar-refractivity contribution in [3.8, 4) is 5.69 Å². The van der Waals surface area contributed by atoms with Crippen molar-refractivity contribution in [2.24, 2.45) is 11.1 Å². The number of carbonyl (C=O) groups is 1. The van der Waals surface area contributed by atoms with Crippen LogP contribution in [0.5, 0.6) is 0 Å². The van der Waals surface area contributed by atoms with Crippen LogP contribution < -0.4 is 11.1 Å². The number of halogens is 2. The third-order valence-corrected chi connectivity index (χ3v) is 4.41. The Labute approximate surface area is 157 Å². The molecule has 25 heavy (non-hydrogen) atoms. The lowest BCUT2D eigenvalue weighted by Crippen LogP contribution is -2.45. The summed E-state index contributed by atoms with van der Waals surface area (Å²) in [7, 11) is 0. The van der Waals surface area contributed by atoms with E-state index in [1.807, 2.05) is 20.8 Å². The maximum absolute atomic E-state index is 12.3. The fourth-order valence-corrected chi connectivity index (χ4v) is 2.53. The van der Waals surface area contributed by atoms with Gasteiger partial charge in [-0.25, -0.2) is 0 Å². The zero-order valence-corrected chi connectivity index (χ0v) is 15.9. The van der Waals surface area contributed by atoms with Crippen molar-refractivity contribution in [2.75, 3.05) is 5.32 Å². The molecular weight excluding hydrogens is 363 g/mol. The van der Waals surface area contributed by atoms with Crippen LogP contribution in [-0.2, 0) is 4.79 Å². The molecule has 136 valence electrons. The van der Waals surface area contributed by atoms with Crippen LogP contribution in [0, 0.1) is 5.41 Å². The fourth-order valence-electron chi connectivity index (χ4n) is 2.33. The van der Waals surface area contributed by atoms with Crippen LogP contribution >= 0.6 is 24.0 Å². The van der Waals surface area contributed by atoms with Crippen LogP contribution in [-0.4, -0.2) is 32.2 Å². The van der Waals surface area contributed by atoms with E-state index in [4.69, 9.17) is 17.3 Å². The molecule has 1 aliphatic rings. The summed E-state index contributed by atoms with van der Waals surface area (Å²) in [5.41, 5.74) is 6.93. The number of hydrogen-bond acceptors (Lipinski definition) is 5. The Kier molecular flexibility index (Phi) is 5.71. The smallest absolute Gasteiger partial charge is 0.241 e. The molecular formula is C16H22Cl2N6O. The van der Waals surface area contributed by atoms with Gasteiger partial charge in [0.2, 0.25) is 5.91 Å². The zero-order valence-electron chi connectivity index (χ0n) is 14.4. The largest absolute Gasteiger partial charge is 0.325 e. The normalized spacial score (nSPS) is 15.4. The van der Waals surface area contributed by atoms with E-state index in [1.54, 1.807) is 22.9 Å². The highest BCUT2D eigenvalue weighted by atomic mass is 35.5. The highest BCUT2D eigenvalue weighted by molar-refractivity contribution is 6.32. The Bertz CT molecular complexity index is 766. The van der Waals surface area contributed by atoms with E-state index in [0.29, 0.717) is 22.3 Å². The SMILES string of the molecule is CC(C)(C)[C@H](N)C(=O)Nc1ccc(Cl)c(-n2nnnc2C2CC2)c1.Cl.